The van der Waals surface area contributed by atoms with Crippen molar-refractivity contribution in [1.82, 2.24) is 5.32 Å². The third-order valence-electron chi connectivity index (χ3n) is 3.10. The Labute approximate surface area is 118 Å². The summed E-state index contributed by atoms with van der Waals surface area (Å²) in [7, 11) is 1.70. The summed E-state index contributed by atoms with van der Waals surface area (Å²) in [5, 5.41) is 5.46. The van der Waals surface area contributed by atoms with E-state index in [2.05, 4.69) is 10.6 Å². The van der Waals surface area contributed by atoms with E-state index in [4.69, 9.17) is 4.74 Å². The number of benzene rings is 1. The standard InChI is InChI=1S/C14H19N3O3/c1-4-7-15-14(19)16-10-5-6-12-11(8-10)17(3)13(18)9(2)20-12/h5-6,8-9H,4,7H2,1-3H3,(H2,15,16,19). The highest BCUT2D eigenvalue weighted by Gasteiger charge is 2.28. The zero-order valence-corrected chi connectivity index (χ0v) is 11.9. The van der Waals surface area contributed by atoms with Gasteiger partial charge in [0.05, 0.1) is 5.69 Å². The van der Waals surface area contributed by atoms with E-state index in [1.807, 2.05) is 6.92 Å². The lowest BCUT2D eigenvalue weighted by Crippen LogP contribution is -2.42. The molecule has 6 heteroatoms. The summed E-state index contributed by atoms with van der Waals surface area (Å²) in [6.07, 6.45) is 0.389. The van der Waals surface area contributed by atoms with Gasteiger partial charge in [-0.2, -0.15) is 0 Å². The summed E-state index contributed by atoms with van der Waals surface area (Å²) >= 11 is 0. The van der Waals surface area contributed by atoms with Gasteiger partial charge in [-0.3, -0.25) is 4.79 Å². The maximum absolute atomic E-state index is 11.9. The molecule has 1 heterocycles. The van der Waals surface area contributed by atoms with Crippen LogP contribution in [-0.2, 0) is 4.79 Å². The van der Waals surface area contributed by atoms with Crippen molar-refractivity contribution in [2.24, 2.45) is 0 Å². The zero-order valence-electron chi connectivity index (χ0n) is 11.9. The van der Waals surface area contributed by atoms with Crippen LogP contribution in [0, 0.1) is 0 Å². The van der Waals surface area contributed by atoms with Crippen LogP contribution < -0.4 is 20.3 Å². The molecule has 1 aliphatic heterocycles. The molecule has 0 fully saturated rings. The van der Waals surface area contributed by atoms with Crippen molar-refractivity contribution < 1.29 is 14.3 Å². The molecule has 1 aliphatic rings. The third-order valence-corrected chi connectivity index (χ3v) is 3.10. The lowest BCUT2D eigenvalue weighted by molar-refractivity contribution is -0.125. The molecule has 6 nitrogen and oxygen atoms in total. The van der Waals surface area contributed by atoms with E-state index in [1.165, 1.54) is 0 Å². The summed E-state index contributed by atoms with van der Waals surface area (Å²) in [4.78, 5) is 25.0. The van der Waals surface area contributed by atoms with Crippen LogP contribution in [0.5, 0.6) is 5.75 Å². The number of fused-ring (bicyclic) bond motifs is 1. The number of ether oxygens (including phenoxy) is 1. The van der Waals surface area contributed by atoms with Gasteiger partial charge in [-0.25, -0.2) is 4.79 Å². The highest BCUT2D eigenvalue weighted by atomic mass is 16.5. The molecule has 2 N–H and O–H groups in total. The van der Waals surface area contributed by atoms with Gasteiger partial charge in [0.2, 0.25) is 0 Å². The first-order chi connectivity index (χ1) is 9.52. The Morgan fingerprint density at radius 1 is 1.45 bits per heavy atom. The fourth-order valence-electron chi connectivity index (χ4n) is 2.00. The molecule has 0 bridgehead atoms. The number of hydrogen-bond acceptors (Lipinski definition) is 3. The Kier molecular flexibility index (Phi) is 4.12. The minimum atomic E-state index is -0.487. The summed E-state index contributed by atoms with van der Waals surface area (Å²) < 4.78 is 5.52. The lowest BCUT2D eigenvalue weighted by atomic mass is 10.2. The molecule has 20 heavy (non-hydrogen) atoms. The molecule has 3 amide bonds. The number of nitrogens with one attached hydrogen (secondary N) is 2. The van der Waals surface area contributed by atoms with Gasteiger partial charge >= 0.3 is 6.03 Å². The fourth-order valence-corrected chi connectivity index (χ4v) is 2.00. The van der Waals surface area contributed by atoms with E-state index in [0.29, 0.717) is 23.7 Å². The second-order valence-electron chi connectivity index (χ2n) is 4.72. The van der Waals surface area contributed by atoms with Crippen molar-refractivity contribution in [3.63, 3.8) is 0 Å². The normalized spacial score (nSPS) is 17.2. The minimum absolute atomic E-state index is 0.106. The van der Waals surface area contributed by atoms with Gasteiger partial charge in [0.15, 0.2) is 6.10 Å². The maximum Gasteiger partial charge on any atom is 0.319 e. The Bertz CT molecular complexity index is 530. The van der Waals surface area contributed by atoms with Crippen LogP contribution in [-0.4, -0.2) is 31.6 Å². The molecule has 1 aromatic carbocycles. The monoisotopic (exact) mass is 277 g/mol. The SMILES string of the molecule is CCCNC(=O)Nc1ccc2c(c1)N(C)C(=O)C(C)O2. The van der Waals surface area contributed by atoms with E-state index < -0.39 is 6.10 Å². The third kappa shape index (κ3) is 2.84. The van der Waals surface area contributed by atoms with Gasteiger partial charge in [0.25, 0.3) is 5.91 Å². The molecule has 0 saturated heterocycles. The number of hydrogen-bond donors (Lipinski definition) is 2. The van der Waals surface area contributed by atoms with Crippen LogP contribution in [0.15, 0.2) is 18.2 Å². The van der Waals surface area contributed by atoms with Crippen LogP contribution in [0.3, 0.4) is 0 Å². The highest BCUT2D eigenvalue weighted by molar-refractivity contribution is 6.00. The minimum Gasteiger partial charge on any atom is -0.479 e. The topological polar surface area (TPSA) is 70.7 Å². The van der Waals surface area contributed by atoms with E-state index in [0.717, 1.165) is 6.42 Å². The van der Waals surface area contributed by atoms with Crippen LogP contribution in [0.1, 0.15) is 20.3 Å². The number of urea groups is 1. The second kappa shape index (κ2) is 5.81. The Hall–Kier alpha value is -2.24. The van der Waals surface area contributed by atoms with E-state index in [-0.39, 0.29) is 11.9 Å². The van der Waals surface area contributed by atoms with Gasteiger partial charge in [-0.15, -0.1) is 0 Å². The first-order valence-corrected chi connectivity index (χ1v) is 6.66. The first kappa shape index (κ1) is 14.2. The number of anilines is 2. The number of likely N-dealkylation sites (N-methyl/N-ethyl adjacent to an activating group) is 1. The number of carbonyl (C=O) groups excluding carboxylic acids is 2. The molecule has 1 atom stereocenters. The van der Waals surface area contributed by atoms with Crippen LogP contribution >= 0.6 is 0 Å². The quantitative estimate of drug-likeness (QED) is 0.887. The summed E-state index contributed by atoms with van der Waals surface area (Å²) in [6, 6.07) is 4.97. The molecule has 1 unspecified atom stereocenters. The highest BCUT2D eigenvalue weighted by Crippen LogP contribution is 2.35. The molecule has 0 aromatic heterocycles. The molecule has 1 aromatic rings. The van der Waals surface area contributed by atoms with E-state index in [1.54, 1.807) is 37.1 Å². The molecule has 0 radical (unpaired) electrons. The average Bonchev–Trinajstić information content (AvgIpc) is 2.43. The van der Waals surface area contributed by atoms with Crippen molar-refractivity contribution in [3.8, 4) is 5.75 Å². The molecule has 2 rings (SSSR count). The summed E-state index contributed by atoms with van der Waals surface area (Å²) in [6.45, 7) is 4.32. The van der Waals surface area contributed by atoms with Gasteiger partial charge < -0.3 is 20.3 Å². The first-order valence-electron chi connectivity index (χ1n) is 6.66. The maximum atomic E-state index is 11.9. The Morgan fingerprint density at radius 2 is 2.20 bits per heavy atom. The molecule has 0 spiro atoms. The molecule has 0 saturated carbocycles. The van der Waals surface area contributed by atoms with Crippen LogP contribution in [0.25, 0.3) is 0 Å². The van der Waals surface area contributed by atoms with Crippen molar-refractivity contribution >= 4 is 23.3 Å². The van der Waals surface area contributed by atoms with E-state index in [9.17, 15) is 9.59 Å². The van der Waals surface area contributed by atoms with Crippen molar-refractivity contribution in [2.75, 3.05) is 23.8 Å². The van der Waals surface area contributed by atoms with Gasteiger partial charge in [0, 0.05) is 19.3 Å². The summed E-state index contributed by atoms with van der Waals surface area (Å²) in [5.74, 6) is 0.532. The van der Waals surface area contributed by atoms with E-state index >= 15 is 0 Å². The molecular formula is C14H19N3O3. The number of carbonyl (C=O) groups is 2. The molecule has 0 aliphatic carbocycles. The smallest absolute Gasteiger partial charge is 0.319 e. The lowest BCUT2D eigenvalue weighted by Gasteiger charge is -2.30. The predicted octanol–water partition coefficient (Wildman–Crippen LogP) is 1.96. The zero-order chi connectivity index (χ0) is 14.7. The van der Waals surface area contributed by atoms with Gasteiger partial charge in [-0.1, -0.05) is 6.92 Å². The largest absolute Gasteiger partial charge is 0.479 e. The fraction of sp³-hybridized carbons (Fsp3) is 0.429. The Balaban J connectivity index is 2.15. The van der Waals surface area contributed by atoms with Gasteiger partial charge in [-0.05, 0) is 31.5 Å². The number of nitrogens with zero attached hydrogens (tertiary/aromatic N) is 1. The van der Waals surface area contributed by atoms with Gasteiger partial charge in [0.1, 0.15) is 5.75 Å². The molecule has 108 valence electrons. The Morgan fingerprint density at radius 3 is 2.90 bits per heavy atom. The summed E-state index contributed by atoms with van der Waals surface area (Å²) in [5.41, 5.74) is 1.27. The van der Waals surface area contributed by atoms with Crippen molar-refractivity contribution in [2.45, 2.75) is 26.4 Å². The predicted molar refractivity (Wildman–Crippen MR) is 77.3 cm³/mol. The van der Waals surface area contributed by atoms with Crippen molar-refractivity contribution in [1.29, 1.82) is 0 Å². The van der Waals surface area contributed by atoms with Crippen LogP contribution in [0.2, 0.25) is 0 Å². The molecular weight excluding hydrogens is 258 g/mol. The van der Waals surface area contributed by atoms with Crippen LogP contribution in [0.4, 0.5) is 16.2 Å². The average molecular weight is 277 g/mol. The second-order valence-corrected chi connectivity index (χ2v) is 4.72. The number of amides is 3. The van der Waals surface area contributed by atoms with Crippen molar-refractivity contribution in [3.05, 3.63) is 18.2 Å². The number of rotatable bonds is 3.